The predicted octanol–water partition coefficient (Wildman–Crippen LogP) is 3.83. The third-order valence-corrected chi connectivity index (χ3v) is 4.04. The van der Waals surface area contributed by atoms with Crippen LogP contribution in [0.25, 0.3) is 0 Å². The lowest BCUT2D eigenvalue weighted by Gasteiger charge is -2.07. The van der Waals surface area contributed by atoms with E-state index in [9.17, 15) is 19.3 Å². The minimum atomic E-state index is -0.654. The van der Waals surface area contributed by atoms with Crippen LogP contribution in [-0.4, -0.2) is 23.8 Å². The van der Waals surface area contributed by atoms with Gasteiger partial charge in [0.2, 0.25) is 5.75 Å². The standard InChI is InChI=1S/C16H14FNO5S/c1-22-11-6-7-14(13(10-11)18(20)21)23-16(19)8-9-24-15-5-3-2-4-12(15)17/h2-7,10H,8-9H2,1H3. The zero-order valence-corrected chi connectivity index (χ0v) is 13.5. The number of ether oxygens (including phenoxy) is 2. The maximum Gasteiger partial charge on any atom is 0.315 e. The van der Waals surface area contributed by atoms with E-state index in [1.807, 2.05) is 0 Å². The Bertz CT molecular complexity index is 753. The number of nitro benzene ring substituents is 1. The maximum atomic E-state index is 13.5. The molecule has 0 aliphatic carbocycles. The molecule has 8 heteroatoms. The van der Waals surface area contributed by atoms with Gasteiger partial charge in [0.15, 0.2) is 0 Å². The number of benzene rings is 2. The highest BCUT2D eigenvalue weighted by Gasteiger charge is 2.19. The first-order valence-electron chi connectivity index (χ1n) is 6.91. The normalized spacial score (nSPS) is 10.2. The lowest BCUT2D eigenvalue weighted by Crippen LogP contribution is -2.10. The van der Waals surface area contributed by atoms with E-state index in [-0.39, 0.29) is 29.4 Å². The summed E-state index contributed by atoms with van der Waals surface area (Å²) in [5, 5.41) is 11.0. The number of carbonyl (C=O) groups excluding carboxylic acids is 1. The predicted molar refractivity (Wildman–Crippen MR) is 87.0 cm³/mol. The van der Waals surface area contributed by atoms with Crippen molar-refractivity contribution in [1.82, 2.24) is 0 Å². The first kappa shape index (κ1) is 17.7. The van der Waals surface area contributed by atoms with Crippen molar-refractivity contribution in [2.24, 2.45) is 0 Å². The van der Waals surface area contributed by atoms with Crippen molar-refractivity contribution in [3.05, 3.63) is 58.4 Å². The molecule has 2 aromatic carbocycles. The Morgan fingerprint density at radius 3 is 2.71 bits per heavy atom. The van der Waals surface area contributed by atoms with E-state index < -0.39 is 10.9 Å². The SMILES string of the molecule is COc1ccc(OC(=O)CCSc2ccccc2F)c([N+](=O)[O-])c1. The van der Waals surface area contributed by atoms with E-state index in [1.54, 1.807) is 18.2 Å². The molecule has 126 valence electrons. The molecular weight excluding hydrogens is 337 g/mol. The summed E-state index contributed by atoms with van der Waals surface area (Å²) in [5.41, 5.74) is -0.357. The van der Waals surface area contributed by atoms with Crippen LogP contribution in [0, 0.1) is 15.9 Å². The molecule has 0 saturated heterocycles. The van der Waals surface area contributed by atoms with Crippen molar-refractivity contribution < 1.29 is 23.6 Å². The molecule has 0 unspecified atom stereocenters. The van der Waals surface area contributed by atoms with Gasteiger partial charge in [-0.05, 0) is 24.3 Å². The first-order chi connectivity index (χ1) is 11.5. The van der Waals surface area contributed by atoms with Crippen LogP contribution in [0.2, 0.25) is 0 Å². The van der Waals surface area contributed by atoms with Crippen LogP contribution in [-0.2, 0) is 4.79 Å². The third kappa shape index (κ3) is 4.69. The summed E-state index contributed by atoms with van der Waals surface area (Å²) in [6, 6.07) is 10.2. The van der Waals surface area contributed by atoms with Gasteiger partial charge in [-0.3, -0.25) is 14.9 Å². The number of esters is 1. The second kappa shape index (κ2) is 8.30. The summed E-state index contributed by atoms with van der Waals surface area (Å²) in [4.78, 5) is 22.6. The topological polar surface area (TPSA) is 78.7 Å². The average molecular weight is 351 g/mol. The first-order valence-corrected chi connectivity index (χ1v) is 7.90. The van der Waals surface area contributed by atoms with Gasteiger partial charge in [-0.2, -0.15) is 0 Å². The van der Waals surface area contributed by atoms with Crippen LogP contribution in [0.3, 0.4) is 0 Å². The Hall–Kier alpha value is -2.61. The smallest absolute Gasteiger partial charge is 0.315 e. The van der Waals surface area contributed by atoms with Gasteiger partial charge in [0.25, 0.3) is 0 Å². The van der Waals surface area contributed by atoms with Crippen molar-refractivity contribution in [3.63, 3.8) is 0 Å². The number of hydrogen-bond donors (Lipinski definition) is 0. The molecule has 0 heterocycles. The number of nitro groups is 1. The van der Waals surface area contributed by atoms with Crippen molar-refractivity contribution >= 4 is 23.4 Å². The van der Waals surface area contributed by atoms with Crippen LogP contribution < -0.4 is 9.47 Å². The summed E-state index contributed by atoms with van der Waals surface area (Å²) in [5.74, 6) is -0.559. The molecule has 0 radical (unpaired) electrons. The van der Waals surface area contributed by atoms with Crippen LogP contribution in [0.15, 0.2) is 47.4 Å². The highest BCUT2D eigenvalue weighted by Crippen LogP contribution is 2.31. The highest BCUT2D eigenvalue weighted by atomic mass is 32.2. The monoisotopic (exact) mass is 351 g/mol. The molecule has 2 rings (SSSR count). The second-order valence-corrected chi connectivity index (χ2v) is 5.73. The van der Waals surface area contributed by atoms with Gasteiger partial charge in [-0.1, -0.05) is 12.1 Å². The molecule has 6 nitrogen and oxygen atoms in total. The molecule has 0 bridgehead atoms. The molecule has 0 spiro atoms. The van der Waals surface area contributed by atoms with Crippen molar-refractivity contribution in [2.75, 3.05) is 12.9 Å². The number of methoxy groups -OCH3 is 1. The van der Waals surface area contributed by atoms with Gasteiger partial charge in [-0.15, -0.1) is 11.8 Å². The number of halogens is 1. The number of hydrogen-bond acceptors (Lipinski definition) is 6. The van der Waals surface area contributed by atoms with Gasteiger partial charge in [0, 0.05) is 10.6 Å². The van der Waals surface area contributed by atoms with E-state index in [0.29, 0.717) is 10.6 Å². The Morgan fingerprint density at radius 1 is 1.29 bits per heavy atom. The third-order valence-electron chi connectivity index (χ3n) is 2.99. The van der Waals surface area contributed by atoms with Gasteiger partial charge in [-0.25, -0.2) is 4.39 Å². The Kier molecular flexibility index (Phi) is 6.14. The average Bonchev–Trinajstić information content (AvgIpc) is 2.56. The largest absolute Gasteiger partial charge is 0.496 e. The lowest BCUT2D eigenvalue weighted by molar-refractivity contribution is -0.385. The van der Waals surface area contributed by atoms with Crippen molar-refractivity contribution in [3.8, 4) is 11.5 Å². The van der Waals surface area contributed by atoms with E-state index >= 15 is 0 Å². The molecule has 0 atom stereocenters. The van der Waals surface area contributed by atoms with Gasteiger partial charge in [0.05, 0.1) is 24.5 Å². The summed E-state index contributed by atoms with van der Waals surface area (Å²) >= 11 is 1.17. The zero-order valence-electron chi connectivity index (χ0n) is 12.7. The van der Waals surface area contributed by atoms with Crippen molar-refractivity contribution in [1.29, 1.82) is 0 Å². The Morgan fingerprint density at radius 2 is 2.04 bits per heavy atom. The molecule has 0 aliphatic rings. The van der Waals surface area contributed by atoms with E-state index in [2.05, 4.69) is 0 Å². The lowest BCUT2D eigenvalue weighted by atomic mass is 10.3. The minimum absolute atomic E-state index is 0.0117. The number of rotatable bonds is 7. The fourth-order valence-electron chi connectivity index (χ4n) is 1.83. The highest BCUT2D eigenvalue weighted by molar-refractivity contribution is 7.99. The summed E-state index contributed by atoms with van der Waals surface area (Å²) < 4.78 is 23.4. The van der Waals surface area contributed by atoms with Crippen LogP contribution in [0.1, 0.15) is 6.42 Å². The van der Waals surface area contributed by atoms with Gasteiger partial charge in [0.1, 0.15) is 11.6 Å². The molecule has 0 N–H and O–H groups in total. The Balaban J connectivity index is 1.95. The summed E-state index contributed by atoms with van der Waals surface area (Å²) in [7, 11) is 1.38. The molecule has 0 amide bonds. The van der Waals surface area contributed by atoms with Crippen LogP contribution >= 0.6 is 11.8 Å². The van der Waals surface area contributed by atoms with E-state index in [0.717, 1.165) is 0 Å². The Labute approximate surface area is 141 Å². The van der Waals surface area contributed by atoms with Crippen LogP contribution in [0.4, 0.5) is 10.1 Å². The van der Waals surface area contributed by atoms with Gasteiger partial charge < -0.3 is 9.47 Å². The molecule has 0 aliphatic heterocycles. The van der Waals surface area contributed by atoms with E-state index in [1.165, 1.54) is 43.1 Å². The fourth-order valence-corrected chi connectivity index (χ4v) is 2.70. The van der Waals surface area contributed by atoms with E-state index in [4.69, 9.17) is 9.47 Å². The van der Waals surface area contributed by atoms with Crippen molar-refractivity contribution in [2.45, 2.75) is 11.3 Å². The number of carbonyl (C=O) groups is 1. The molecule has 0 fully saturated rings. The second-order valence-electron chi connectivity index (χ2n) is 4.59. The molecule has 24 heavy (non-hydrogen) atoms. The molecule has 2 aromatic rings. The van der Waals surface area contributed by atoms with Gasteiger partial charge >= 0.3 is 11.7 Å². The summed E-state index contributed by atoms with van der Waals surface area (Å²) in [6.07, 6.45) is -0.0117. The molecule has 0 aromatic heterocycles. The quantitative estimate of drug-likeness (QED) is 0.248. The molecule has 0 saturated carbocycles. The maximum absolute atomic E-state index is 13.5. The van der Waals surface area contributed by atoms with Crippen LogP contribution in [0.5, 0.6) is 11.5 Å². The number of thioether (sulfide) groups is 1. The summed E-state index contributed by atoms with van der Waals surface area (Å²) in [6.45, 7) is 0. The number of nitrogens with zero attached hydrogens (tertiary/aromatic N) is 1. The molecular formula is C16H14FNO5S. The minimum Gasteiger partial charge on any atom is -0.496 e. The fraction of sp³-hybridized carbons (Fsp3) is 0.188. The zero-order chi connectivity index (χ0) is 17.5.